The summed E-state index contributed by atoms with van der Waals surface area (Å²) in [5, 5.41) is 0.238. The van der Waals surface area contributed by atoms with E-state index in [4.69, 9.17) is 15.6 Å². The molecule has 0 aromatic carbocycles. The minimum atomic E-state index is -1.64. The Morgan fingerprint density at radius 3 is 2.53 bits per heavy atom. The molecule has 0 bridgehead atoms. The van der Waals surface area contributed by atoms with Crippen molar-refractivity contribution in [3.05, 3.63) is 12.2 Å². The third-order valence-electron chi connectivity index (χ3n) is 3.34. The smallest absolute Gasteiger partial charge is 0.331 e. The van der Waals surface area contributed by atoms with E-state index < -0.39 is 8.32 Å². The fourth-order valence-electron chi connectivity index (χ4n) is 1.09. The van der Waals surface area contributed by atoms with Gasteiger partial charge in [0.1, 0.15) is 0 Å². The van der Waals surface area contributed by atoms with Crippen LogP contribution in [-0.2, 0) is 14.0 Å². The first-order chi connectivity index (χ1) is 8.70. The van der Waals surface area contributed by atoms with E-state index in [0.717, 1.165) is 19.4 Å². The SMILES string of the molecule is C#CCOC(=O)/C=C/CCCO[Si](C)(C)C(C)(C)C. The van der Waals surface area contributed by atoms with Crippen LogP contribution in [-0.4, -0.2) is 27.5 Å². The van der Waals surface area contributed by atoms with Gasteiger partial charge in [-0.1, -0.05) is 32.8 Å². The molecule has 0 radical (unpaired) electrons. The fraction of sp³-hybridized carbons (Fsp3) is 0.667. The summed E-state index contributed by atoms with van der Waals surface area (Å²) in [5.74, 6) is 1.86. The van der Waals surface area contributed by atoms with E-state index in [1.165, 1.54) is 6.08 Å². The predicted octanol–water partition coefficient (Wildman–Crippen LogP) is 3.52. The highest BCUT2D eigenvalue weighted by Gasteiger charge is 2.36. The summed E-state index contributed by atoms with van der Waals surface area (Å²) >= 11 is 0. The molecule has 0 unspecified atom stereocenters. The second kappa shape index (κ2) is 8.18. The monoisotopic (exact) mass is 282 g/mol. The average molecular weight is 282 g/mol. The molecule has 0 saturated heterocycles. The van der Waals surface area contributed by atoms with Crippen molar-refractivity contribution in [3.63, 3.8) is 0 Å². The Labute approximate surface area is 118 Å². The molecule has 0 aliphatic rings. The molecule has 108 valence electrons. The van der Waals surface area contributed by atoms with Crippen molar-refractivity contribution in [1.82, 2.24) is 0 Å². The summed E-state index contributed by atoms with van der Waals surface area (Å²) in [7, 11) is -1.64. The molecule has 3 nitrogen and oxygen atoms in total. The van der Waals surface area contributed by atoms with Gasteiger partial charge in [0, 0.05) is 12.7 Å². The van der Waals surface area contributed by atoms with Gasteiger partial charge in [0.2, 0.25) is 0 Å². The van der Waals surface area contributed by atoms with Gasteiger partial charge in [-0.3, -0.25) is 0 Å². The van der Waals surface area contributed by atoms with Crippen molar-refractivity contribution in [2.75, 3.05) is 13.2 Å². The number of hydrogen-bond acceptors (Lipinski definition) is 3. The molecule has 0 aromatic rings. The Hall–Kier alpha value is -1.05. The molecule has 0 spiro atoms. The summed E-state index contributed by atoms with van der Waals surface area (Å²) in [6.07, 6.45) is 9.92. The van der Waals surface area contributed by atoms with Crippen molar-refractivity contribution in [1.29, 1.82) is 0 Å². The Morgan fingerprint density at radius 1 is 1.37 bits per heavy atom. The summed E-state index contributed by atoms with van der Waals surface area (Å²) < 4.78 is 10.7. The fourth-order valence-corrected chi connectivity index (χ4v) is 2.17. The van der Waals surface area contributed by atoms with Crippen LogP contribution in [0.4, 0.5) is 0 Å². The zero-order chi connectivity index (χ0) is 14.9. The highest BCUT2D eigenvalue weighted by atomic mass is 28.4. The second-order valence-corrected chi connectivity index (χ2v) is 10.8. The molecule has 0 rings (SSSR count). The molecule has 0 saturated carbocycles. The van der Waals surface area contributed by atoms with Crippen LogP contribution in [0.15, 0.2) is 12.2 Å². The number of esters is 1. The lowest BCUT2D eigenvalue weighted by molar-refractivity contribution is -0.136. The Morgan fingerprint density at radius 2 is 2.00 bits per heavy atom. The van der Waals surface area contributed by atoms with E-state index >= 15 is 0 Å². The van der Waals surface area contributed by atoms with Crippen molar-refractivity contribution < 1.29 is 14.0 Å². The summed E-state index contributed by atoms with van der Waals surface area (Å²) in [6.45, 7) is 11.9. The number of allylic oxidation sites excluding steroid dienone is 1. The van der Waals surface area contributed by atoms with Crippen molar-refractivity contribution in [3.8, 4) is 12.3 Å². The maximum atomic E-state index is 11.1. The van der Waals surface area contributed by atoms with Gasteiger partial charge in [-0.25, -0.2) is 4.79 Å². The van der Waals surface area contributed by atoms with Crippen LogP contribution in [0.25, 0.3) is 0 Å². The van der Waals surface area contributed by atoms with Gasteiger partial charge in [0.05, 0.1) is 0 Å². The number of carbonyl (C=O) groups excluding carboxylic acids is 1. The number of rotatable bonds is 7. The highest BCUT2D eigenvalue weighted by molar-refractivity contribution is 6.74. The number of ether oxygens (including phenoxy) is 1. The van der Waals surface area contributed by atoms with Crippen molar-refractivity contribution >= 4 is 14.3 Å². The van der Waals surface area contributed by atoms with Gasteiger partial charge in [-0.15, -0.1) is 6.42 Å². The Bertz CT molecular complexity index is 345. The molecule has 19 heavy (non-hydrogen) atoms. The van der Waals surface area contributed by atoms with Gasteiger partial charge >= 0.3 is 5.97 Å². The number of terminal acetylenes is 1. The second-order valence-electron chi connectivity index (χ2n) is 5.97. The summed E-state index contributed by atoms with van der Waals surface area (Å²) in [5.41, 5.74) is 0. The Kier molecular flexibility index (Phi) is 7.73. The summed E-state index contributed by atoms with van der Waals surface area (Å²) in [6, 6.07) is 0. The van der Waals surface area contributed by atoms with Crippen LogP contribution >= 0.6 is 0 Å². The first-order valence-corrected chi connectivity index (χ1v) is 9.52. The molecular weight excluding hydrogens is 256 g/mol. The average Bonchev–Trinajstić information content (AvgIpc) is 2.29. The minimum absolute atomic E-state index is 0.0255. The third-order valence-corrected chi connectivity index (χ3v) is 7.87. The van der Waals surface area contributed by atoms with E-state index in [0.29, 0.717) is 0 Å². The van der Waals surface area contributed by atoms with E-state index in [9.17, 15) is 4.79 Å². The highest BCUT2D eigenvalue weighted by Crippen LogP contribution is 2.36. The zero-order valence-electron chi connectivity index (χ0n) is 12.8. The van der Waals surface area contributed by atoms with Crippen LogP contribution < -0.4 is 0 Å². The van der Waals surface area contributed by atoms with Crippen molar-refractivity contribution in [2.24, 2.45) is 0 Å². The molecule has 0 aliphatic carbocycles. The van der Waals surface area contributed by atoms with Gasteiger partial charge in [0.25, 0.3) is 0 Å². The lowest BCUT2D eigenvalue weighted by Gasteiger charge is -2.36. The van der Waals surface area contributed by atoms with Gasteiger partial charge < -0.3 is 9.16 Å². The normalized spacial score (nSPS) is 12.4. The molecule has 0 aliphatic heterocycles. The molecule has 4 heteroatoms. The molecule has 0 heterocycles. The van der Waals surface area contributed by atoms with Gasteiger partial charge in [-0.05, 0) is 31.0 Å². The number of hydrogen-bond donors (Lipinski definition) is 0. The quantitative estimate of drug-likeness (QED) is 0.236. The topological polar surface area (TPSA) is 35.5 Å². The van der Waals surface area contributed by atoms with E-state index in [-0.39, 0.29) is 17.6 Å². The van der Waals surface area contributed by atoms with Gasteiger partial charge in [-0.2, -0.15) is 0 Å². The van der Waals surface area contributed by atoms with Crippen LogP contribution in [0, 0.1) is 12.3 Å². The first kappa shape index (κ1) is 17.9. The van der Waals surface area contributed by atoms with E-state index in [2.05, 4.69) is 39.8 Å². The lowest BCUT2D eigenvalue weighted by Crippen LogP contribution is -2.40. The van der Waals surface area contributed by atoms with Crippen molar-refractivity contribution in [2.45, 2.75) is 51.7 Å². The lowest BCUT2D eigenvalue weighted by atomic mass is 10.2. The van der Waals surface area contributed by atoms with Crippen LogP contribution in [0.2, 0.25) is 18.1 Å². The van der Waals surface area contributed by atoms with Gasteiger partial charge in [0.15, 0.2) is 14.9 Å². The molecule has 0 amide bonds. The number of unbranched alkanes of at least 4 members (excludes halogenated alkanes) is 1. The largest absolute Gasteiger partial charge is 0.449 e. The molecule has 0 aromatic heterocycles. The zero-order valence-corrected chi connectivity index (χ0v) is 13.8. The summed E-state index contributed by atoms with van der Waals surface area (Å²) in [4.78, 5) is 11.1. The van der Waals surface area contributed by atoms with E-state index in [1.54, 1.807) is 6.08 Å². The first-order valence-electron chi connectivity index (χ1n) is 6.61. The van der Waals surface area contributed by atoms with Crippen LogP contribution in [0.3, 0.4) is 0 Å². The maximum Gasteiger partial charge on any atom is 0.331 e. The number of carbonyl (C=O) groups is 1. The third kappa shape index (κ3) is 7.86. The molecule has 0 atom stereocenters. The molecule has 0 N–H and O–H groups in total. The van der Waals surface area contributed by atoms with Crippen LogP contribution in [0.1, 0.15) is 33.6 Å². The maximum absolute atomic E-state index is 11.1. The minimum Gasteiger partial charge on any atom is -0.449 e. The van der Waals surface area contributed by atoms with Crippen LogP contribution in [0.5, 0.6) is 0 Å². The van der Waals surface area contributed by atoms with E-state index in [1.807, 2.05) is 0 Å². The predicted molar refractivity (Wildman–Crippen MR) is 81.3 cm³/mol. The molecule has 0 fully saturated rings. The standard InChI is InChI=1S/C15H26O3Si/c1-7-12-17-14(16)11-9-8-10-13-18-19(5,6)15(2,3)4/h1,9,11H,8,10,12-13H2,2-6H3/b11-9+. The molecular formula is C15H26O3Si. The Balaban J connectivity index is 3.80.